The summed E-state index contributed by atoms with van der Waals surface area (Å²) in [6, 6.07) is -10.0. The first-order valence-electron chi connectivity index (χ1n) is 20.7. The maximum atomic E-state index is 13.4. The minimum absolute atomic E-state index is 0.158. The largest absolute Gasteiger partial charge is 0.481 e. The molecule has 24 heteroatoms. The molecule has 9 amide bonds. The minimum Gasteiger partial charge on any atom is -0.481 e. The Bertz CT molecular complexity index is 1640. The van der Waals surface area contributed by atoms with Crippen molar-refractivity contribution in [2.24, 2.45) is 23.5 Å². The van der Waals surface area contributed by atoms with Crippen molar-refractivity contribution in [2.75, 3.05) is 13.1 Å². The second kappa shape index (κ2) is 27.9. The molecule has 0 saturated carbocycles. The van der Waals surface area contributed by atoms with E-state index in [0.717, 1.165) is 0 Å². The molecule has 14 N–H and O–H groups in total. The number of hydrogen-bond donors (Lipinski definition) is 13. The first-order valence-corrected chi connectivity index (χ1v) is 20.7. The van der Waals surface area contributed by atoms with E-state index in [1.54, 1.807) is 41.5 Å². The van der Waals surface area contributed by atoms with Gasteiger partial charge in [0.2, 0.25) is 53.2 Å². The summed E-state index contributed by atoms with van der Waals surface area (Å²) in [6.45, 7) is 13.8. The van der Waals surface area contributed by atoms with E-state index >= 15 is 0 Å². The molecule has 63 heavy (non-hydrogen) atoms. The van der Waals surface area contributed by atoms with Crippen LogP contribution in [0.5, 0.6) is 0 Å². The second-order valence-electron chi connectivity index (χ2n) is 15.8. The van der Waals surface area contributed by atoms with Gasteiger partial charge in [0.25, 0.3) is 0 Å². The van der Waals surface area contributed by atoms with E-state index in [1.807, 2.05) is 0 Å². The van der Waals surface area contributed by atoms with Crippen molar-refractivity contribution in [1.82, 2.24) is 47.9 Å². The highest BCUT2D eigenvalue weighted by Gasteiger charge is 2.34. The van der Waals surface area contributed by atoms with E-state index in [1.165, 1.54) is 27.7 Å². The van der Waals surface area contributed by atoms with Crippen molar-refractivity contribution in [3.05, 3.63) is 0 Å². The minimum atomic E-state index is -1.57. The van der Waals surface area contributed by atoms with E-state index < -0.39 is 150 Å². The maximum absolute atomic E-state index is 13.4. The smallest absolute Gasteiger partial charge is 0.326 e. The monoisotopic (exact) mass is 900 g/mol. The number of carbonyl (C=O) groups is 11. The van der Waals surface area contributed by atoms with Crippen molar-refractivity contribution < 1.29 is 68.1 Å². The molecule has 0 rings (SSSR count). The number of nitrogens with one attached hydrogen (secondary N) is 9. The number of rotatable bonds is 28. The summed E-state index contributed by atoms with van der Waals surface area (Å²) in [6.07, 6.45) is -1.16. The maximum Gasteiger partial charge on any atom is 0.326 e. The Kier molecular flexibility index (Phi) is 25.3. The molecule has 0 aliphatic heterocycles. The summed E-state index contributed by atoms with van der Waals surface area (Å²) >= 11 is 0. The van der Waals surface area contributed by atoms with E-state index in [9.17, 15) is 63.0 Å². The molecule has 0 spiro atoms. The third-order valence-electron chi connectivity index (χ3n) is 10.0. The van der Waals surface area contributed by atoms with Crippen LogP contribution >= 0.6 is 0 Å². The predicted molar refractivity (Wildman–Crippen MR) is 224 cm³/mol. The van der Waals surface area contributed by atoms with E-state index in [-0.39, 0.29) is 12.8 Å². The molecule has 11 atom stereocenters. The highest BCUT2D eigenvalue weighted by atomic mass is 16.4. The second-order valence-corrected chi connectivity index (χ2v) is 15.8. The Labute approximate surface area is 366 Å². The van der Waals surface area contributed by atoms with Crippen LogP contribution in [0.2, 0.25) is 0 Å². The summed E-state index contributed by atoms with van der Waals surface area (Å²) in [5.74, 6) is -11.2. The van der Waals surface area contributed by atoms with Crippen molar-refractivity contribution in [1.29, 1.82) is 0 Å². The number of hydrogen-bond acceptors (Lipinski definition) is 13. The molecule has 0 fully saturated rings. The highest BCUT2D eigenvalue weighted by molar-refractivity contribution is 5.97. The SMILES string of the molecule is CC[C@H](C)[C@H](NC(=O)CNC(=O)[C@H](C)NC(=O)[C@H](C)NC(=O)[C@@H](N)CCC(=O)O)C(=O)NCC(=O)N[C@H](C(=O)N[C@@H](C)C(=O)N[C@H](C(=O)N[C@H](C(=O)O)C(C)C)[C@@H](C)O)[C@@H](C)CC. The molecule has 0 bridgehead atoms. The van der Waals surface area contributed by atoms with E-state index in [2.05, 4.69) is 47.9 Å². The van der Waals surface area contributed by atoms with Crippen LogP contribution in [0.4, 0.5) is 0 Å². The van der Waals surface area contributed by atoms with Crippen LogP contribution < -0.4 is 53.6 Å². The van der Waals surface area contributed by atoms with Gasteiger partial charge < -0.3 is 68.9 Å². The van der Waals surface area contributed by atoms with Gasteiger partial charge in [-0.2, -0.15) is 0 Å². The van der Waals surface area contributed by atoms with Gasteiger partial charge in [0.05, 0.1) is 25.2 Å². The summed E-state index contributed by atoms with van der Waals surface area (Å²) in [5.41, 5.74) is 5.65. The van der Waals surface area contributed by atoms with Gasteiger partial charge in [-0.05, 0) is 51.9 Å². The summed E-state index contributed by atoms with van der Waals surface area (Å²) in [7, 11) is 0. The number of aliphatic carboxylic acids is 2. The third-order valence-corrected chi connectivity index (χ3v) is 10.0. The molecule has 358 valence electrons. The van der Waals surface area contributed by atoms with Crippen LogP contribution in [0.25, 0.3) is 0 Å². The van der Waals surface area contributed by atoms with Crippen molar-refractivity contribution in [2.45, 2.75) is 149 Å². The number of nitrogens with two attached hydrogens (primary N) is 1. The van der Waals surface area contributed by atoms with Crippen LogP contribution in [0.1, 0.15) is 94.9 Å². The van der Waals surface area contributed by atoms with Crippen LogP contribution in [0.15, 0.2) is 0 Å². The molecule has 0 aromatic carbocycles. The van der Waals surface area contributed by atoms with Crippen molar-refractivity contribution >= 4 is 65.1 Å². The van der Waals surface area contributed by atoms with Gasteiger partial charge in [-0.3, -0.25) is 47.9 Å². The van der Waals surface area contributed by atoms with Gasteiger partial charge in [0.1, 0.15) is 42.3 Å². The topological polar surface area (TPSA) is 383 Å². The first-order chi connectivity index (χ1) is 29.2. The number of carboxylic acid groups (broad SMARTS) is 2. The molecule has 0 radical (unpaired) electrons. The molecule has 0 saturated heterocycles. The average Bonchev–Trinajstić information content (AvgIpc) is 3.21. The van der Waals surface area contributed by atoms with Gasteiger partial charge in [0, 0.05) is 6.42 Å². The highest BCUT2D eigenvalue weighted by Crippen LogP contribution is 2.10. The molecular weight excluding hydrogens is 832 g/mol. The molecule has 0 unspecified atom stereocenters. The fourth-order valence-corrected chi connectivity index (χ4v) is 5.46. The van der Waals surface area contributed by atoms with Crippen LogP contribution in [-0.4, -0.2) is 148 Å². The van der Waals surface area contributed by atoms with Crippen molar-refractivity contribution in [3.8, 4) is 0 Å². The summed E-state index contributed by atoms with van der Waals surface area (Å²) in [4.78, 5) is 138. The van der Waals surface area contributed by atoms with Crippen molar-refractivity contribution in [3.63, 3.8) is 0 Å². The molecular formula is C39H68N10O14. The molecule has 0 aliphatic carbocycles. The van der Waals surface area contributed by atoms with Gasteiger partial charge in [-0.1, -0.05) is 54.4 Å². The Hall–Kier alpha value is -5.91. The van der Waals surface area contributed by atoms with Crippen LogP contribution in [-0.2, 0) is 52.7 Å². The third kappa shape index (κ3) is 20.7. The Morgan fingerprint density at radius 2 is 0.857 bits per heavy atom. The van der Waals surface area contributed by atoms with Gasteiger partial charge in [0.15, 0.2) is 0 Å². The molecule has 24 nitrogen and oxygen atoms in total. The van der Waals surface area contributed by atoms with Gasteiger partial charge in [-0.15, -0.1) is 0 Å². The van der Waals surface area contributed by atoms with Crippen LogP contribution in [0.3, 0.4) is 0 Å². The predicted octanol–water partition coefficient (Wildman–Crippen LogP) is -3.92. The lowest BCUT2D eigenvalue weighted by Crippen LogP contribution is -2.60. The first kappa shape index (κ1) is 57.1. The number of carbonyl (C=O) groups excluding carboxylic acids is 9. The molecule has 0 aromatic rings. The quantitative estimate of drug-likeness (QED) is 0.0357. The lowest BCUT2D eigenvalue weighted by Gasteiger charge is -2.28. The zero-order valence-corrected chi connectivity index (χ0v) is 37.6. The molecule has 0 heterocycles. The number of amides is 9. The molecule has 0 aliphatic rings. The summed E-state index contributed by atoms with van der Waals surface area (Å²) < 4.78 is 0. The van der Waals surface area contributed by atoms with Gasteiger partial charge >= 0.3 is 11.9 Å². The lowest BCUT2D eigenvalue weighted by molar-refractivity contribution is -0.144. The Morgan fingerprint density at radius 1 is 0.476 bits per heavy atom. The molecule has 0 aromatic heterocycles. The zero-order valence-electron chi connectivity index (χ0n) is 37.6. The van der Waals surface area contributed by atoms with E-state index in [4.69, 9.17) is 10.8 Å². The van der Waals surface area contributed by atoms with Crippen LogP contribution in [0, 0.1) is 17.8 Å². The average molecular weight is 901 g/mol. The number of aliphatic hydroxyl groups excluding tert-OH is 1. The normalized spacial score (nSPS) is 16.3. The Balaban J connectivity index is 5.40. The number of aliphatic hydroxyl groups is 1. The standard InChI is InChI=1S/C39H68N10O14/c1-11-18(5)29(46-25(51)15-41-32(55)20(7)43-33(56)21(8)44-35(58)24(40)13-14-27(53)54)36(59)42-16-26(52)47-30(19(6)12-2)37(60)45-22(9)34(57)49-31(23(10)50)38(61)48-28(17(3)4)39(62)63/h17-24,28-31,50H,11-16,40H2,1-10H3,(H,41,55)(H,42,59)(H,43,56)(H,44,58)(H,45,60)(H,46,51)(H,47,52)(H,48,61)(H,49,57)(H,53,54)(H,62,63)/t18-,19-,20-,21-,22-,23+,24-,28-,29-,30-,31-/m0/s1. The van der Waals surface area contributed by atoms with E-state index in [0.29, 0.717) is 12.8 Å². The Morgan fingerprint density at radius 3 is 1.29 bits per heavy atom. The fraction of sp³-hybridized carbons (Fsp3) is 0.718. The van der Waals surface area contributed by atoms with Gasteiger partial charge in [-0.25, -0.2) is 4.79 Å². The lowest BCUT2D eigenvalue weighted by atomic mass is 9.97. The fourth-order valence-electron chi connectivity index (χ4n) is 5.46. The summed E-state index contributed by atoms with van der Waals surface area (Å²) in [5, 5.41) is 49.9. The number of carboxylic acids is 2. The zero-order chi connectivity index (χ0) is 48.9.